The number of rotatable bonds is 2. The summed E-state index contributed by atoms with van der Waals surface area (Å²) < 4.78 is 1.40. The van der Waals surface area contributed by atoms with E-state index in [2.05, 4.69) is 26.9 Å². The molecule has 0 aliphatic carbocycles. The summed E-state index contributed by atoms with van der Waals surface area (Å²) in [6.07, 6.45) is 6.09. The molecule has 1 aromatic carbocycles. The van der Waals surface area contributed by atoms with Gasteiger partial charge in [-0.05, 0) is 24.3 Å². The van der Waals surface area contributed by atoms with E-state index < -0.39 is 5.97 Å². The standard InChI is InChI=1S/C16H10N4O2/c21-16(22)14-3-1-2-13(15(14)20-11-18-10-19-20)5-4-12-6-8-17-9-7-12/h1-3,6-11H,(H,21,22). The number of hydrogen-bond donors (Lipinski definition) is 1. The maximum Gasteiger partial charge on any atom is 0.337 e. The van der Waals surface area contributed by atoms with Gasteiger partial charge in [-0.2, -0.15) is 5.10 Å². The average Bonchev–Trinajstić information content (AvgIpc) is 3.07. The topological polar surface area (TPSA) is 80.9 Å². The van der Waals surface area contributed by atoms with Crippen molar-refractivity contribution in [3.63, 3.8) is 0 Å². The summed E-state index contributed by atoms with van der Waals surface area (Å²) in [4.78, 5) is 19.2. The minimum Gasteiger partial charge on any atom is -0.478 e. The highest BCUT2D eigenvalue weighted by Gasteiger charge is 2.15. The van der Waals surface area contributed by atoms with E-state index in [9.17, 15) is 9.90 Å². The van der Waals surface area contributed by atoms with Gasteiger partial charge >= 0.3 is 5.97 Å². The van der Waals surface area contributed by atoms with Crippen molar-refractivity contribution in [2.45, 2.75) is 0 Å². The Balaban J connectivity index is 2.15. The number of para-hydroxylation sites is 1. The van der Waals surface area contributed by atoms with E-state index in [1.807, 2.05) is 0 Å². The van der Waals surface area contributed by atoms with Gasteiger partial charge in [-0.1, -0.05) is 17.9 Å². The molecule has 0 aliphatic rings. The fourth-order valence-corrected chi connectivity index (χ4v) is 1.96. The number of carboxylic acids is 1. The molecule has 0 spiro atoms. The van der Waals surface area contributed by atoms with Gasteiger partial charge in [-0.25, -0.2) is 14.5 Å². The van der Waals surface area contributed by atoms with Crippen LogP contribution in [0.25, 0.3) is 5.69 Å². The Hall–Kier alpha value is -3.46. The molecule has 6 nitrogen and oxygen atoms in total. The Morgan fingerprint density at radius 3 is 2.59 bits per heavy atom. The summed E-state index contributed by atoms with van der Waals surface area (Å²) in [6, 6.07) is 8.47. The van der Waals surface area contributed by atoms with Crippen LogP contribution in [0.2, 0.25) is 0 Å². The third-order valence-electron chi connectivity index (χ3n) is 2.94. The van der Waals surface area contributed by atoms with Crippen LogP contribution in [0.4, 0.5) is 0 Å². The van der Waals surface area contributed by atoms with Crippen LogP contribution in [-0.4, -0.2) is 30.8 Å². The molecule has 0 fully saturated rings. The molecule has 0 saturated heterocycles. The minimum atomic E-state index is -1.04. The third-order valence-corrected chi connectivity index (χ3v) is 2.94. The van der Waals surface area contributed by atoms with Crippen LogP contribution in [-0.2, 0) is 0 Å². The summed E-state index contributed by atoms with van der Waals surface area (Å²) in [5, 5.41) is 13.4. The lowest BCUT2D eigenvalue weighted by Crippen LogP contribution is -2.08. The fourth-order valence-electron chi connectivity index (χ4n) is 1.96. The Bertz CT molecular complexity index is 862. The van der Waals surface area contributed by atoms with Gasteiger partial charge in [0, 0.05) is 18.0 Å². The van der Waals surface area contributed by atoms with E-state index in [-0.39, 0.29) is 5.56 Å². The number of pyridine rings is 1. The monoisotopic (exact) mass is 290 g/mol. The second-order valence-electron chi connectivity index (χ2n) is 4.33. The molecule has 0 saturated carbocycles. The smallest absolute Gasteiger partial charge is 0.337 e. The summed E-state index contributed by atoms with van der Waals surface area (Å²) in [5.74, 6) is 4.92. The molecule has 0 unspecified atom stereocenters. The zero-order chi connectivity index (χ0) is 15.4. The highest BCUT2D eigenvalue weighted by molar-refractivity contribution is 5.93. The molecule has 2 aromatic heterocycles. The lowest BCUT2D eigenvalue weighted by Gasteiger charge is -2.07. The molecule has 106 valence electrons. The van der Waals surface area contributed by atoms with Gasteiger partial charge in [0.1, 0.15) is 12.7 Å². The van der Waals surface area contributed by atoms with Gasteiger partial charge in [-0.3, -0.25) is 4.98 Å². The minimum absolute atomic E-state index is 0.118. The van der Waals surface area contributed by atoms with Crippen molar-refractivity contribution in [2.75, 3.05) is 0 Å². The number of nitrogens with zero attached hydrogens (tertiary/aromatic N) is 4. The van der Waals surface area contributed by atoms with Gasteiger partial charge in [0.2, 0.25) is 0 Å². The number of aromatic nitrogens is 4. The maximum atomic E-state index is 11.4. The van der Waals surface area contributed by atoms with Crippen LogP contribution in [0, 0.1) is 11.8 Å². The van der Waals surface area contributed by atoms with E-state index in [1.165, 1.54) is 23.4 Å². The molecule has 3 rings (SSSR count). The summed E-state index contributed by atoms with van der Waals surface area (Å²) in [6.45, 7) is 0. The van der Waals surface area contributed by atoms with E-state index in [0.717, 1.165) is 5.56 Å². The van der Waals surface area contributed by atoms with Crippen LogP contribution >= 0.6 is 0 Å². The first-order chi connectivity index (χ1) is 10.8. The first kappa shape index (κ1) is 13.5. The Morgan fingerprint density at radius 2 is 1.91 bits per heavy atom. The molecule has 22 heavy (non-hydrogen) atoms. The Morgan fingerprint density at radius 1 is 1.09 bits per heavy atom. The SMILES string of the molecule is O=C(O)c1cccc(C#Cc2ccncc2)c1-n1cncn1. The molecule has 3 aromatic rings. The van der Waals surface area contributed by atoms with E-state index >= 15 is 0 Å². The highest BCUT2D eigenvalue weighted by atomic mass is 16.4. The fraction of sp³-hybridized carbons (Fsp3) is 0. The number of aromatic carboxylic acids is 1. The van der Waals surface area contributed by atoms with Crippen molar-refractivity contribution in [1.82, 2.24) is 19.7 Å². The quantitative estimate of drug-likeness (QED) is 0.727. The predicted octanol–water partition coefficient (Wildman–Crippen LogP) is 1.76. The van der Waals surface area contributed by atoms with Crippen LogP contribution in [0.3, 0.4) is 0 Å². The van der Waals surface area contributed by atoms with Gasteiger partial charge in [-0.15, -0.1) is 0 Å². The highest BCUT2D eigenvalue weighted by Crippen LogP contribution is 2.18. The van der Waals surface area contributed by atoms with E-state index in [4.69, 9.17) is 0 Å². The zero-order valence-electron chi connectivity index (χ0n) is 11.3. The number of hydrogen-bond acceptors (Lipinski definition) is 4. The Kier molecular flexibility index (Phi) is 3.62. The van der Waals surface area contributed by atoms with Gasteiger partial charge in [0.15, 0.2) is 0 Å². The van der Waals surface area contributed by atoms with Crippen LogP contribution in [0.5, 0.6) is 0 Å². The molecule has 0 amide bonds. The van der Waals surface area contributed by atoms with Crippen molar-refractivity contribution in [1.29, 1.82) is 0 Å². The van der Waals surface area contributed by atoms with E-state index in [1.54, 1.807) is 36.7 Å². The molecular formula is C16H10N4O2. The first-order valence-corrected chi connectivity index (χ1v) is 6.39. The van der Waals surface area contributed by atoms with Crippen molar-refractivity contribution < 1.29 is 9.90 Å². The van der Waals surface area contributed by atoms with Gasteiger partial charge in [0.25, 0.3) is 0 Å². The number of carbonyl (C=O) groups is 1. The molecule has 0 radical (unpaired) electrons. The summed E-state index contributed by atoms with van der Waals surface area (Å²) in [7, 11) is 0. The summed E-state index contributed by atoms with van der Waals surface area (Å²) in [5.41, 5.74) is 1.86. The molecule has 0 bridgehead atoms. The van der Waals surface area contributed by atoms with Crippen LogP contribution in [0.15, 0.2) is 55.4 Å². The molecule has 2 heterocycles. The largest absolute Gasteiger partial charge is 0.478 e. The molecule has 0 atom stereocenters. The second kappa shape index (κ2) is 5.89. The number of carboxylic acid groups (broad SMARTS) is 1. The van der Waals surface area contributed by atoms with Crippen LogP contribution in [0.1, 0.15) is 21.5 Å². The molecular weight excluding hydrogens is 280 g/mol. The van der Waals surface area contributed by atoms with Crippen molar-refractivity contribution >= 4 is 5.97 Å². The van der Waals surface area contributed by atoms with Crippen LogP contribution < -0.4 is 0 Å². The lowest BCUT2D eigenvalue weighted by atomic mass is 10.1. The zero-order valence-corrected chi connectivity index (χ0v) is 11.3. The van der Waals surface area contributed by atoms with Crippen molar-refractivity contribution in [2.24, 2.45) is 0 Å². The summed E-state index contributed by atoms with van der Waals surface area (Å²) >= 11 is 0. The predicted molar refractivity (Wildman–Crippen MR) is 78.5 cm³/mol. The molecule has 1 N–H and O–H groups in total. The van der Waals surface area contributed by atoms with Gasteiger partial charge in [0.05, 0.1) is 16.8 Å². The Labute approximate surface area is 126 Å². The van der Waals surface area contributed by atoms with Crippen molar-refractivity contribution in [3.8, 4) is 17.5 Å². The molecule has 6 heteroatoms. The lowest BCUT2D eigenvalue weighted by molar-refractivity contribution is 0.0696. The third kappa shape index (κ3) is 2.69. The number of benzene rings is 1. The normalized spacial score (nSPS) is 9.82. The average molecular weight is 290 g/mol. The first-order valence-electron chi connectivity index (χ1n) is 6.39. The molecule has 0 aliphatic heterocycles. The maximum absolute atomic E-state index is 11.4. The van der Waals surface area contributed by atoms with Crippen molar-refractivity contribution in [3.05, 3.63) is 72.1 Å². The second-order valence-corrected chi connectivity index (χ2v) is 4.33. The van der Waals surface area contributed by atoms with E-state index in [0.29, 0.717) is 11.3 Å². The van der Waals surface area contributed by atoms with Gasteiger partial charge < -0.3 is 5.11 Å².